The van der Waals surface area contributed by atoms with Crippen molar-refractivity contribution in [2.24, 2.45) is 0 Å². The first kappa shape index (κ1) is 17.8. The van der Waals surface area contributed by atoms with E-state index >= 15 is 0 Å². The summed E-state index contributed by atoms with van der Waals surface area (Å²) < 4.78 is 38.4. The Morgan fingerprint density at radius 2 is 1.90 bits per heavy atom. The normalized spacial score (nSPS) is 12.0. The van der Waals surface area contributed by atoms with Gasteiger partial charge in [-0.05, 0) is 45.4 Å². The molecule has 0 fully saturated rings. The van der Waals surface area contributed by atoms with Gasteiger partial charge in [0.05, 0.1) is 0 Å². The fraction of sp³-hybridized carbons (Fsp3) is 0.625. The van der Waals surface area contributed by atoms with E-state index in [0.29, 0.717) is 12.2 Å². The summed E-state index contributed by atoms with van der Waals surface area (Å²) >= 11 is 0. The van der Waals surface area contributed by atoms with Gasteiger partial charge in [0.1, 0.15) is 6.54 Å². The molecule has 0 radical (unpaired) electrons. The maximum absolute atomic E-state index is 12.8. The smallest absolute Gasteiger partial charge is 0.360 e. The summed E-state index contributed by atoms with van der Waals surface area (Å²) in [6, 6.07) is 5.41. The van der Waals surface area contributed by atoms with Crippen molar-refractivity contribution < 1.29 is 13.2 Å². The van der Waals surface area contributed by atoms with Crippen LogP contribution < -0.4 is 10.2 Å². The maximum atomic E-state index is 12.8. The number of alkyl halides is 3. The Labute approximate surface area is 125 Å². The molecule has 0 bridgehead atoms. The van der Waals surface area contributed by atoms with Crippen molar-refractivity contribution >= 4 is 5.69 Å². The molecule has 0 saturated carbocycles. The van der Waals surface area contributed by atoms with E-state index in [9.17, 15) is 13.2 Å². The Hall–Kier alpha value is -1.23. The van der Waals surface area contributed by atoms with Crippen molar-refractivity contribution in [2.45, 2.75) is 52.9 Å². The van der Waals surface area contributed by atoms with Crippen molar-refractivity contribution in [3.63, 3.8) is 0 Å². The molecule has 1 aromatic rings. The highest BCUT2D eigenvalue weighted by molar-refractivity contribution is 5.55. The van der Waals surface area contributed by atoms with Crippen LogP contribution in [0.3, 0.4) is 0 Å². The first-order valence-electron chi connectivity index (χ1n) is 7.38. The maximum Gasteiger partial charge on any atom is 0.405 e. The summed E-state index contributed by atoms with van der Waals surface area (Å²) in [5.74, 6) is 0. The van der Waals surface area contributed by atoms with Crippen LogP contribution in [0.1, 0.15) is 38.3 Å². The Kier molecular flexibility index (Phi) is 6.52. The molecule has 1 rings (SSSR count). The van der Waals surface area contributed by atoms with E-state index in [1.165, 1.54) is 4.90 Å². The van der Waals surface area contributed by atoms with Gasteiger partial charge in [0, 0.05) is 18.3 Å². The van der Waals surface area contributed by atoms with Gasteiger partial charge in [-0.3, -0.25) is 0 Å². The highest BCUT2D eigenvalue weighted by atomic mass is 19.4. The molecule has 21 heavy (non-hydrogen) atoms. The molecule has 120 valence electrons. The number of hydrogen-bond donors (Lipinski definition) is 1. The summed E-state index contributed by atoms with van der Waals surface area (Å²) in [7, 11) is 0. The van der Waals surface area contributed by atoms with Crippen LogP contribution in [-0.2, 0) is 6.54 Å². The topological polar surface area (TPSA) is 15.3 Å². The van der Waals surface area contributed by atoms with Crippen LogP contribution in [0.4, 0.5) is 18.9 Å². The summed E-state index contributed by atoms with van der Waals surface area (Å²) in [6.45, 7) is 8.11. The van der Waals surface area contributed by atoms with Crippen molar-refractivity contribution in [2.75, 3.05) is 18.0 Å². The zero-order chi connectivity index (χ0) is 16.0. The first-order chi connectivity index (χ1) is 9.74. The van der Waals surface area contributed by atoms with Crippen LogP contribution >= 0.6 is 0 Å². The van der Waals surface area contributed by atoms with Gasteiger partial charge >= 0.3 is 6.18 Å². The van der Waals surface area contributed by atoms with Crippen LogP contribution in [-0.4, -0.2) is 25.3 Å². The third kappa shape index (κ3) is 5.96. The Balaban J connectivity index is 3.05. The van der Waals surface area contributed by atoms with E-state index in [-0.39, 0.29) is 6.04 Å². The molecule has 0 amide bonds. The van der Waals surface area contributed by atoms with Crippen LogP contribution in [0.2, 0.25) is 0 Å². The summed E-state index contributed by atoms with van der Waals surface area (Å²) in [5, 5.41) is 3.27. The molecule has 5 heteroatoms. The number of halogens is 3. The molecule has 0 heterocycles. The number of nitrogens with zero attached hydrogens (tertiary/aromatic N) is 1. The lowest BCUT2D eigenvalue weighted by atomic mass is 10.1. The highest BCUT2D eigenvalue weighted by Crippen LogP contribution is 2.28. The Morgan fingerprint density at radius 3 is 2.43 bits per heavy atom. The second-order valence-electron chi connectivity index (χ2n) is 5.65. The predicted molar refractivity (Wildman–Crippen MR) is 81.7 cm³/mol. The van der Waals surface area contributed by atoms with E-state index in [1.807, 2.05) is 19.1 Å². The van der Waals surface area contributed by atoms with Crippen molar-refractivity contribution in [1.82, 2.24) is 5.32 Å². The highest BCUT2D eigenvalue weighted by Gasteiger charge is 2.32. The molecular weight excluding hydrogens is 277 g/mol. The van der Waals surface area contributed by atoms with Gasteiger partial charge in [0.15, 0.2) is 0 Å². The molecular formula is C16H25F3N2. The van der Waals surface area contributed by atoms with E-state index in [0.717, 1.165) is 24.1 Å². The minimum Gasteiger partial charge on any atom is -0.360 e. The van der Waals surface area contributed by atoms with E-state index in [4.69, 9.17) is 0 Å². The number of benzene rings is 1. The van der Waals surface area contributed by atoms with Crippen LogP contribution in [0, 0.1) is 6.92 Å². The lowest BCUT2D eigenvalue weighted by Gasteiger charge is -2.32. The van der Waals surface area contributed by atoms with Gasteiger partial charge in [-0.2, -0.15) is 13.2 Å². The zero-order valence-electron chi connectivity index (χ0n) is 13.2. The Bertz CT molecular complexity index is 442. The van der Waals surface area contributed by atoms with Gasteiger partial charge in [-0.1, -0.05) is 24.6 Å². The van der Waals surface area contributed by atoms with Gasteiger partial charge in [-0.15, -0.1) is 0 Å². The van der Waals surface area contributed by atoms with Gasteiger partial charge in [-0.25, -0.2) is 0 Å². The monoisotopic (exact) mass is 302 g/mol. The van der Waals surface area contributed by atoms with Crippen molar-refractivity contribution in [1.29, 1.82) is 0 Å². The van der Waals surface area contributed by atoms with Crippen molar-refractivity contribution in [3.8, 4) is 0 Å². The van der Waals surface area contributed by atoms with E-state index in [1.54, 1.807) is 19.9 Å². The number of nitrogens with one attached hydrogen (secondary N) is 1. The second kappa shape index (κ2) is 7.69. The van der Waals surface area contributed by atoms with Crippen molar-refractivity contribution in [3.05, 3.63) is 29.3 Å². The fourth-order valence-corrected chi connectivity index (χ4v) is 2.27. The molecule has 0 aromatic heterocycles. The summed E-state index contributed by atoms with van der Waals surface area (Å²) in [4.78, 5) is 1.42. The SMILES string of the molecule is CCCNCc1cc(C)ccc1N(CC(F)(F)F)C(C)C. The molecule has 0 spiro atoms. The van der Waals surface area contributed by atoms with Crippen LogP contribution in [0.25, 0.3) is 0 Å². The summed E-state index contributed by atoms with van der Waals surface area (Å²) in [6.07, 6.45) is -3.21. The van der Waals surface area contributed by atoms with Gasteiger partial charge < -0.3 is 10.2 Å². The van der Waals surface area contributed by atoms with E-state index < -0.39 is 12.7 Å². The third-order valence-corrected chi connectivity index (χ3v) is 3.26. The lowest BCUT2D eigenvalue weighted by molar-refractivity contribution is -0.120. The average molecular weight is 302 g/mol. The average Bonchev–Trinajstić information content (AvgIpc) is 2.36. The largest absolute Gasteiger partial charge is 0.405 e. The zero-order valence-corrected chi connectivity index (χ0v) is 13.2. The molecule has 0 unspecified atom stereocenters. The lowest BCUT2D eigenvalue weighted by Crippen LogP contribution is -2.40. The Morgan fingerprint density at radius 1 is 1.24 bits per heavy atom. The van der Waals surface area contributed by atoms with E-state index in [2.05, 4.69) is 12.2 Å². The molecule has 0 atom stereocenters. The molecule has 2 nitrogen and oxygen atoms in total. The van der Waals surface area contributed by atoms with Crippen LogP contribution in [0.15, 0.2) is 18.2 Å². The molecule has 1 N–H and O–H groups in total. The fourth-order valence-electron chi connectivity index (χ4n) is 2.27. The molecule has 1 aromatic carbocycles. The van der Waals surface area contributed by atoms with Gasteiger partial charge in [0.2, 0.25) is 0 Å². The molecule has 0 aliphatic rings. The number of rotatable bonds is 7. The van der Waals surface area contributed by atoms with Crippen LogP contribution in [0.5, 0.6) is 0 Å². The van der Waals surface area contributed by atoms with Gasteiger partial charge in [0.25, 0.3) is 0 Å². The predicted octanol–water partition coefficient (Wildman–Crippen LogP) is 4.27. The molecule has 0 saturated heterocycles. The minimum atomic E-state index is -4.21. The minimum absolute atomic E-state index is 0.209. The quantitative estimate of drug-likeness (QED) is 0.757. The number of aryl methyl sites for hydroxylation is 1. The standard InChI is InChI=1S/C16H25F3N2/c1-5-8-20-10-14-9-13(4)6-7-15(14)21(12(2)3)11-16(17,18)19/h6-7,9,12,20H,5,8,10-11H2,1-4H3. The number of hydrogen-bond acceptors (Lipinski definition) is 2. The summed E-state index contributed by atoms with van der Waals surface area (Å²) in [5.41, 5.74) is 2.64. The third-order valence-electron chi connectivity index (χ3n) is 3.26. The second-order valence-corrected chi connectivity index (χ2v) is 5.65. The molecule has 0 aliphatic heterocycles. The molecule has 0 aliphatic carbocycles. The first-order valence-corrected chi connectivity index (χ1v) is 7.38. The number of anilines is 1.